The molecule has 0 bridgehead atoms. The number of likely N-dealkylation sites (tertiary alicyclic amines) is 1. The van der Waals surface area contributed by atoms with Gasteiger partial charge in [-0.3, -0.25) is 0 Å². The first-order chi connectivity index (χ1) is 11.4. The molecule has 24 heavy (non-hydrogen) atoms. The van der Waals surface area contributed by atoms with Crippen LogP contribution in [0.3, 0.4) is 0 Å². The lowest BCUT2D eigenvalue weighted by atomic mass is 9.94. The van der Waals surface area contributed by atoms with Gasteiger partial charge in [0.2, 0.25) is 10.0 Å². The summed E-state index contributed by atoms with van der Waals surface area (Å²) >= 11 is 5.86. The Bertz CT molecular complexity index is 631. The molecule has 134 valence electrons. The molecule has 0 radical (unpaired) electrons. The van der Waals surface area contributed by atoms with Gasteiger partial charge in [0, 0.05) is 24.7 Å². The topological polar surface area (TPSA) is 40.6 Å². The predicted octanol–water partition coefficient (Wildman–Crippen LogP) is 3.47. The molecule has 2 aliphatic rings. The van der Waals surface area contributed by atoms with Gasteiger partial charge in [-0.05, 0) is 74.9 Å². The molecule has 0 saturated carbocycles. The molecule has 0 spiro atoms. The maximum Gasteiger partial charge on any atom is 0.243 e. The van der Waals surface area contributed by atoms with Gasteiger partial charge in [0.05, 0.1) is 4.90 Å². The molecule has 0 atom stereocenters. The van der Waals surface area contributed by atoms with E-state index in [1.54, 1.807) is 28.6 Å². The third-order valence-corrected chi connectivity index (χ3v) is 7.58. The normalized spacial score (nSPS) is 22.8. The lowest BCUT2D eigenvalue weighted by Crippen LogP contribution is -2.43. The van der Waals surface area contributed by atoms with Gasteiger partial charge in [0.25, 0.3) is 0 Å². The Kier molecular flexibility index (Phi) is 5.85. The van der Waals surface area contributed by atoms with Gasteiger partial charge in [0.1, 0.15) is 0 Å². The summed E-state index contributed by atoms with van der Waals surface area (Å²) in [6, 6.07) is 6.47. The van der Waals surface area contributed by atoms with Crippen LogP contribution >= 0.6 is 11.6 Å². The van der Waals surface area contributed by atoms with Crippen molar-refractivity contribution in [1.82, 2.24) is 9.21 Å². The standard InChI is InChI=1S/C18H27ClN2O2S/c1-15-6-10-20(11-7-15)14-16-8-12-21(13-9-16)24(22,23)18-4-2-17(19)3-5-18/h2-5,15-16H,6-14H2,1H3. The number of sulfonamides is 1. The summed E-state index contributed by atoms with van der Waals surface area (Å²) in [7, 11) is -3.38. The highest BCUT2D eigenvalue weighted by atomic mass is 35.5. The van der Waals surface area contributed by atoms with Crippen molar-refractivity contribution >= 4 is 21.6 Å². The molecule has 1 aromatic carbocycles. The molecule has 4 nitrogen and oxygen atoms in total. The Hall–Kier alpha value is -0.620. The van der Waals surface area contributed by atoms with Gasteiger partial charge >= 0.3 is 0 Å². The summed E-state index contributed by atoms with van der Waals surface area (Å²) in [5, 5.41) is 0.559. The molecule has 2 saturated heterocycles. The van der Waals surface area contributed by atoms with Gasteiger partial charge in [-0.1, -0.05) is 18.5 Å². The molecule has 2 aliphatic heterocycles. The molecule has 3 rings (SSSR count). The Morgan fingerprint density at radius 2 is 1.58 bits per heavy atom. The molecular weight excluding hydrogens is 344 g/mol. The summed E-state index contributed by atoms with van der Waals surface area (Å²) in [5.41, 5.74) is 0. The van der Waals surface area contributed by atoms with Gasteiger partial charge in [0.15, 0.2) is 0 Å². The minimum absolute atomic E-state index is 0.343. The summed E-state index contributed by atoms with van der Waals surface area (Å²) in [4.78, 5) is 2.91. The van der Waals surface area contributed by atoms with Crippen molar-refractivity contribution in [2.24, 2.45) is 11.8 Å². The van der Waals surface area contributed by atoms with Crippen molar-refractivity contribution in [2.75, 3.05) is 32.7 Å². The molecule has 0 amide bonds. The average Bonchev–Trinajstić information content (AvgIpc) is 2.58. The van der Waals surface area contributed by atoms with Crippen LogP contribution in [0.2, 0.25) is 5.02 Å². The minimum Gasteiger partial charge on any atom is -0.303 e. The fourth-order valence-electron chi connectivity index (χ4n) is 3.70. The van der Waals surface area contributed by atoms with Crippen LogP contribution in [0.5, 0.6) is 0 Å². The molecule has 0 N–H and O–H groups in total. The molecule has 0 aliphatic carbocycles. The van der Waals surface area contributed by atoms with Crippen molar-refractivity contribution in [2.45, 2.75) is 37.5 Å². The summed E-state index contributed by atoms with van der Waals surface area (Å²) in [6.07, 6.45) is 4.51. The van der Waals surface area contributed by atoms with E-state index in [0.29, 0.717) is 28.9 Å². The van der Waals surface area contributed by atoms with E-state index in [9.17, 15) is 8.42 Å². The lowest BCUT2D eigenvalue weighted by molar-refractivity contribution is 0.142. The minimum atomic E-state index is -3.38. The van der Waals surface area contributed by atoms with Gasteiger partial charge in [-0.2, -0.15) is 4.31 Å². The van der Waals surface area contributed by atoms with Gasteiger partial charge in [-0.25, -0.2) is 8.42 Å². The summed E-state index contributed by atoms with van der Waals surface area (Å²) in [6.45, 7) is 7.10. The quantitative estimate of drug-likeness (QED) is 0.814. The van der Waals surface area contributed by atoms with E-state index in [4.69, 9.17) is 11.6 Å². The SMILES string of the molecule is CC1CCN(CC2CCN(S(=O)(=O)c3ccc(Cl)cc3)CC2)CC1. The van der Waals surface area contributed by atoms with Gasteiger partial charge in [-0.15, -0.1) is 0 Å². The molecular formula is C18H27ClN2O2S. The average molecular weight is 371 g/mol. The maximum absolute atomic E-state index is 12.7. The molecule has 2 heterocycles. The van der Waals surface area contributed by atoms with Crippen LogP contribution in [0.4, 0.5) is 0 Å². The second kappa shape index (κ2) is 7.73. The number of rotatable bonds is 4. The lowest BCUT2D eigenvalue weighted by Gasteiger charge is -2.36. The smallest absolute Gasteiger partial charge is 0.243 e. The Morgan fingerprint density at radius 1 is 1.00 bits per heavy atom. The van der Waals surface area contributed by atoms with E-state index in [1.165, 1.54) is 25.9 Å². The molecule has 6 heteroatoms. The van der Waals surface area contributed by atoms with Crippen molar-refractivity contribution in [3.8, 4) is 0 Å². The Labute approximate surface area is 150 Å². The first-order valence-corrected chi connectivity index (χ1v) is 10.7. The fourth-order valence-corrected chi connectivity index (χ4v) is 5.29. The van der Waals surface area contributed by atoms with Crippen molar-refractivity contribution < 1.29 is 8.42 Å². The van der Waals surface area contributed by atoms with E-state index < -0.39 is 10.0 Å². The number of benzene rings is 1. The highest BCUT2D eigenvalue weighted by Crippen LogP contribution is 2.26. The predicted molar refractivity (Wildman–Crippen MR) is 97.8 cm³/mol. The summed E-state index contributed by atoms with van der Waals surface area (Å²) < 4.78 is 27.0. The largest absolute Gasteiger partial charge is 0.303 e. The van der Waals surface area contributed by atoms with E-state index in [0.717, 1.165) is 25.3 Å². The van der Waals surface area contributed by atoms with Crippen molar-refractivity contribution in [1.29, 1.82) is 0 Å². The highest BCUT2D eigenvalue weighted by Gasteiger charge is 2.30. The summed E-state index contributed by atoms with van der Waals surface area (Å²) in [5.74, 6) is 1.47. The van der Waals surface area contributed by atoms with Crippen LogP contribution in [0.1, 0.15) is 32.6 Å². The van der Waals surface area contributed by atoms with E-state index in [1.807, 2.05) is 0 Å². The zero-order valence-corrected chi connectivity index (χ0v) is 15.9. The number of piperidine rings is 2. The van der Waals surface area contributed by atoms with Crippen LogP contribution < -0.4 is 0 Å². The van der Waals surface area contributed by atoms with Crippen molar-refractivity contribution in [3.05, 3.63) is 29.3 Å². The molecule has 0 unspecified atom stereocenters. The first kappa shape index (κ1) is 18.2. The van der Waals surface area contributed by atoms with Crippen LogP contribution in [0.25, 0.3) is 0 Å². The zero-order valence-electron chi connectivity index (χ0n) is 14.3. The monoisotopic (exact) mass is 370 g/mol. The second-order valence-electron chi connectivity index (χ2n) is 7.28. The van der Waals surface area contributed by atoms with Crippen LogP contribution in [-0.4, -0.2) is 50.3 Å². The van der Waals surface area contributed by atoms with Crippen LogP contribution in [-0.2, 0) is 10.0 Å². The van der Waals surface area contributed by atoms with Gasteiger partial charge < -0.3 is 4.90 Å². The van der Waals surface area contributed by atoms with E-state index in [2.05, 4.69) is 11.8 Å². The fraction of sp³-hybridized carbons (Fsp3) is 0.667. The van der Waals surface area contributed by atoms with E-state index >= 15 is 0 Å². The van der Waals surface area contributed by atoms with Crippen molar-refractivity contribution in [3.63, 3.8) is 0 Å². The highest BCUT2D eigenvalue weighted by molar-refractivity contribution is 7.89. The third kappa shape index (κ3) is 4.31. The third-order valence-electron chi connectivity index (χ3n) is 5.42. The number of hydrogen-bond donors (Lipinski definition) is 0. The number of nitrogens with zero attached hydrogens (tertiary/aromatic N) is 2. The maximum atomic E-state index is 12.7. The Balaban J connectivity index is 1.53. The van der Waals surface area contributed by atoms with Crippen LogP contribution in [0.15, 0.2) is 29.2 Å². The molecule has 1 aromatic rings. The first-order valence-electron chi connectivity index (χ1n) is 8.93. The number of hydrogen-bond acceptors (Lipinski definition) is 3. The molecule has 2 fully saturated rings. The number of halogens is 1. The van der Waals surface area contributed by atoms with E-state index in [-0.39, 0.29) is 0 Å². The molecule has 0 aromatic heterocycles. The second-order valence-corrected chi connectivity index (χ2v) is 9.66. The Morgan fingerprint density at radius 3 is 2.17 bits per heavy atom. The zero-order chi connectivity index (χ0) is 17.2. The van der Waals surface area contributed by atoms with Crippen LogP contribution in [0, 0.1) is 11.8 Å².